The van der Waals surface area contributed by atoms with Crippen molar-refractivity contribution in [3.63, 3.8) is 0 Å². The van der Waals surface area contributed by atoms with Crippen LogP contribution in [-0.2, 0) is 14.8 Å². The number of sulfonamides is 1. The van der Waals surface area contributed by atoms with Gasteiger partial charge in [-0.15, -0.1) is 5.10 Å². The molecular weight excluding hydrogens is 446 g/mol. The SMILES string of the molecule is CCOc1c(-c2cn[nH]c2)ccn2nc(N[C@H]3CCN(S(=O)(=O)CCCC=O)C[C@H]3C)nc12. The number of nitrogens with one attached hydrogen (secondary N) is 2. The predicted molar refractivity (Wildman–Crippen MR) is 124 cm³/mol. The Labute approximate surface area is 192 Å². The molecule has 1 aliphatic rings. The standard InChI is InChI=1S/C21H29N7O4S/c1-3-32-19-17(16-12-22-23-13-16)6-9-28-20(19)25-21(26-28)24-18-7-8-27(14-15(18)2)33(30,31)11-5-4-10-29/h6,9-10,12-13,15,18H,3-5,7-8,11,14H2,1-2H3,(H,22,23)(H,24,26)/t15-,18+/m1/s1. The molecule has 4 rings (SSSR count). The minimum atomic E-state index is -3.36. The van der Waals surface area contributed by atoms with Gasteiger partial charge in [0, 0.05) is 49.1 Å². The van der Waals surface area contributed by atoms with Gasteiger partial charge in [0.05, 0.1) is 18.6 Å². The molecule has 12 heteroatoms. The molecule has 11 nitrogen and oxygen atoms in total. The summed E-state index contributed by atoms with van der Waals surface area (Å²) in [7, 11) is -3.36. The van der Waals surface area contributed by atoms with Crippen LogP contribution < -0.4 is 10.1 Å². The third kappa shape index (κ3) is 5.01. The van der Waals surface area contributed by atoms with E-state index in [1.54, 1.807) is 16.9 Å². The summed E-state index contributed by atoms with van der Waals surface area (Å²) in [6.45, 7) is 5.26. The van der Waals surface area contributed by atoms with E-state index in [0.717, 1.165) is 17.4 Å². The van der Waals surface area contributed by atoms with Gasteiger partial charge in [0.1, 0.15) is 6.29 Å². The van der Waals surface area contributed by atoms with Crippen molar-refractivity contribution in [1.82, 2.24) is 29.1 Å². The Morgan fingerprint density at radius 3 is 2.94 bits per heavy atom. The number of unbranched alkanes of at least 4 members (excludes halogenated alkanes) is 1. The van der Waals surface area contributed by atoms with E-state index in [9.17, 15) is 13.2 Å². The first kappa shape index (κ1) is 23.2. The number of rotatable bonds is 10. The predicted octanol–water partition coefficient (Wildman–Crippen LogP) is 1.95. The van der Waals surface area contributed by atoms with Crippen LogP contribution in [0.5, 0.6) is 5.75 Å². The minimum absolute atomic E-state index is 0.00372. The Kier molecular flexibility index (Phi) is 6.94. The van der Waals surface area contributed by atoms with Gasteiger partial charge < -0.3 is 14.8 Å². The number of aromatic amines is 1. The molecule has 1 fully saturated rings. The average molecular weight is 476 g/mol. The Morgan fingerprint density at radius 2 is 2.24 bits per heavy atom. The highest BCUT2D eigenvalue weighted by molar-refractivity contribution is 7.89. The smallest absolute Gasteiger partial charge is 0.243 e. The van der Waals surface area contributed by atoms with E-state index in [2.05, 4.69) is 25.6 Å². The Bertz CT molecular complexity index is 1190. The molecule has 0 aromatic carbocycles. The number of aromatic nitrogens is 5. The summed E-state index contributed by atoms with van der Waals surface area (Å²) in [6, 6.07) is 1.95. The highest BCUT2D eigenvalue weighted by atomic mass is 32.2. The van der Waals surface area contributed by atoms with Gasteiger partial charge in [-0.2, -0.15) is 10.1 Å². The van der Waals surface area contributed by atoms with Gasteiger partial charge >= 0.3 is 0 Å². The number of carbonyl (C=O) groups is 1. The summed E-state index contributed by atoms with van der Waals surface area (Å²) in [6.07, 6.45) is 7.37. The average Bonchev–Trinajstić information content (AvgIpc) is 3.45. The Morgan fingerprint density at radius 1 is 1.39 bits per heavy atom. The number of hydrogen-bond donors (Lipinski definition) is 2. The Hall–Kier alpha value is -2.99. The summed E-state index contributed by atoms with van der Waals surface area (Å²) in [5.41, 5.74) is 2.37. The van der Waals surface area contributed by atoms with Crippen molar-refractivity contribution < 1.29 is 17.9 Å². The quantitative estimate of drug-likeness (QED) is 0.336. The van der Waals surface area contributed by atoms with E-state index in [1.165, 1.54) is 4.31 Å². The Balaban J connectivity index is 1.49. The zero-order valence-electron chi connectivity index (χ0n) is 18.8. The number of pyridine rings is 1. The van der Waals surface area contributed by atoms with Crippen LogP contribution in [0.2, 0.25) is 0 Å². The van der Waals surface area contributed by atoms with Gasteiger partial charge in [0.25, 0.3) is 0 Å². The van der Waals surface area contributed by atoms with Crippen molar-refractivity contribution >= 4 is 27.9 Å². The second kappa shape index (κ2) is 9.87. The monoisotopic (exact) mass is 475 g/mol. The van der Waals surface area contributed by atoms with E-state index >= 15 is 0 Å². The molecule has 0 amide bonds. The van der Waals surface area contributed by atoms with Gasteiger partial charge in [0.15, 0.2) is 11.4 Å². The highest BCUT2D eigenvalue weighted by Crippen LogP contribution is 2.33. The number of nitrogens with zero attached hydrogens (tertiary/aromatic N) is 5. The molecule has 0 bridgehead atoms. The van der Waals surface area contributed by atoms with Crippen molar-refractivity contribution in [2.45, 2.75) is 39.2 Å². The molecule has 0 spiro atoms. The molecule has 3 aromatic heterocycles. The fourth-order valence-electron chi connectivity index (χ4n) is 4.12. The molecule has 0 aliphatic carbocycles. The van der Waals surface area contributed by atoms with Crippen LogP contribution in [0.3, 0.4) is 0 Å². The largest absolute Gasteiger partial charge is 0.489 e. The fraction of sp³-hybridized carbons (Fsp3) is 0.524. The van der Waals surface area contributed by atoms with Crippen molar-refractivity contribution in [2.24, 2.45) is 5.92 Å². The molecule has 2 atom stereocenters. The summed E-state index contributed by atoms with van der Waals surface area (Å²) < 4.78 is 34.2. The first-order valence-corrected chi connectivity index (χ1v) is 12.7. The lowest BCUT2D eigenvalue weighted by Crippen LogP contribution is -2.48. The molecule has 0 radical (unpaired) electrons. The molecule has 1 aliphatic heterocycles. The van der Waals surface area contributed by atoms with Crippen molar-refractivity contribution in [1.29, 1.82) is 0 Å². The molecule has 2 N–H and O–H groups in total. The highest BCUT2D eigenvalue weighted by Gasteiger charge is 2.33. The number of aldehydes is 1. The zero-order valence-corrected chi connectivity index (χ0v) is 19.6. The van der Waals surface area contributed by atoms with Crippen LogP contribution in [0.1, 0.15) is 33.1 Å². The molecule has 3 aromatic rings. The fourth-order valence-corrected chi connectivity index (χ4v) is 5.75. The van der Waals surface area contributed by atoms with Gasteiger partial charge in [-0.25, -0.2) is 17.2 Å². The van der Waals surface area contributed by atoms with E-state index < -0.39 is 10.0 Å². The maximum Gasteiger partial charge on any atom is 0.243 e. The summed E-state index contributed by atoms with van der Waals surface area (Å²) in [5.74, 6) is 1.17. The van der Waals surface area contributed by atoms with Crippen LogP contribution in [0, 0.1) is 5.92 Å². The third-order valence-electron chi connectivity index (χ3n) is 5.86. The van der Waals surface area contributed by atoms with Gasteiger partial charge in [-0.3, -0.25) is 5.10 Å². The van der Waals surface area contributed by atoms with E-state index in [0.29, 0.717) is 49.9 Å². The van der Waals surface area contributed by atoms with Crippen LogP contribution in [0.25, 0.3) is 16.8 Å². The summed E-state index contributed by atoms with van der Waals surface area (Å²) in [4.78, 5) is 15.2. The first-order chi connectivity index (χ1) is 15.9. The number of carbonyl (C=O) groups excluding carboxylic acids is 1. The van der Waals surface area contributed by atoms with E-state index in [4.69, 9.17) is 4.74 Å². The zero-order chi connectivity index (χ0) is 23.4. The summed E-state index contributed by atoms with van der Waals surface area (Å²) >= 11 is 0. The number of ether oxygens (including phenoxy) is 1. The first-order valence-electron chi connectivity index (χ1n) is 11.1. The molecule has 1 saturated heterocycles. The van der Waals surface area contributed by atoms with Crippen LogP contribution in [0.15, 0.2) is 24.7 Å². The van der Waals surface area contributed by atoms with E-state index in [1.807, 2.05) is 26.1 Å². The normalized spacial score (nSPS) is 19.6. The lowest BCUT2D eigenvalue weighted by atomic mass is 9.95. The minimum Gasteiger partial charge on any atom is -0.489 e. The number of H-pyrrole nitrogens is 1. The van der Waals surface area contributed by atoms with Crippen LogP contribution >= 0.6 is 0 Å². The lowest BCUT2D eigenvalue weighted by molar-refractivity contribution is -0.107. The third-order valence-corrected chi connectivity index (χ3v) is 7.78. The number of anilines is 1. The second-order valence-electron chi connectivity index (χ2n) is 8.18. The second-order valence-corrected chi connectivity index (χ2v) is 10.3. The maximum atomic E-state index is 12.6. The van der Waals surface area contributed by atoms with Crippen LogP contribution in [-0.4, -0.2) is 75.3 Å². The van der Waals surface area contributed by atoms with Crippen molar-refractivity contribution in [2.75, 3.05) is 30.8 Å². The maximum absolute atomic E-state index is 12.6. The van der Waals surface area contributed by atoms with Crippen molar-refractivity contribution in [3.05, 3.63) is 24.7 Å². The number of fused-ring (bicyclic) bond motifs is 1. The van der Waals surface area contributed by atoms with Crippen molar-refractivity contribution in [3.8, 4) is 16.9 Å². The molecule has 4 heterocycles. The van der Waals surface area contributed by atoms with E-state index in [-0.39, 0.29) is 24.1 Å². The summed E-state index contributed by atoms with van der Waals surface area (Å²) in [5, 5.41) is 14.8. The lowest BCUT2D eigenvalue weighted by Gasteiger charge is -2.36. The molecule has 178 valence electrons. The van der Waals surface area contributed by atoms with Gasteiger partial charge in [0.2, 0.25) is 16.0 Å². The van der Waals surface area contributed by atoms with Crippen LogP contribution in [0.4, 0.5) is 5.95 Å². The molecule has 0 unspecified atom stereocenters. The van der Waals surface area contributed by atoms with Gasteiger partial charge in [-0.1, -0.05) is 6.92 Å². The topological polar surface area (TPSA) is 135 Å². The number of hydrogen-bond acceptors (Lipinski definition) is 8. The number of piperidine rings is 1. The van der Waals surface area contributed by atoms with Gasteiger partial charge in [-0.05, 0) is 31.7 Å². The molecule has 0 saturated carbocycles. The molecule has 33 heavy (non-hydrogen) atoms. The molecular formula is C21H29N7O4S.